The van der Waals surface area contributed by atoms with E-state index < -0.39 is 0 Å². The van der Waals surface area contributed by atoms with E-state index in [0.717, 1.165) is 30.5 Å². The maximum atomic E-state index is 4.86. The summed E-state index contributed by atoms with van der Waals surface area (Å²) in [5.41, 5.74) is 1.19. The molecule has 1 N–H and O–H groups in total. The number of nitrogens with zero attached hydrogens (tertiary/aromatic N) is 2. The molecule has 2 atom stereocenters. The molecule has 0 amide bonds. The molecule has 1 heterocycles. The average Bonchev–Trinajstić information content (AvgIpc) is 2.38. The molecule has 0 aromatic carbocycles. The third-order valence-electron chi connectivity index (χ3n) is 4.07. The van der Waals surface area contributed by atoms with E-state index in [1.54, 1.807) is 0 Å². The molecule has 2 unspecified atom stereocenters. The largest absolute Gasteiger partial charge is 0.370 e. The van der Waals surface area contributed by atoms with Crippen molar-refractivity contribution in [1.82, 2.24) is 9.97 Å². The van der Waals surface area contributed by atoms with Gasteiger partial charge in [-0.1, -0.05) is 33.6 Å². The van der Waals surface area contributed by atoms with Gasteiger partial charge in [-0.2, -0.15) is 0 Å². The summed E-state index contributed by atoms with van der Waals surface area (Å²) >= 11 is 0. The first-order valence-corrected chi connectivity index (χ1v) is 8.20. The SMILES string of the molecule is CCNc1cc(CC(C)C)nc(C2CCCC(C)C2)n1. The Hall–Kier alpha value is -1.12. The van der Waals surface area contributed by atoms with Crippen molar-refractivity contribution < 1.29 is 0 Å². The second-order valence-corrected chi connectivity index (χ2v) is 6.70. The monoisotopic (exact) mass is 275 g/mol. The molecule has 0 aliphatic heterocycles. The molecular weight excluding hydrogens is 246 g/mol. The van der Waals surface area contributed by atoms with Crippen LogP contribution in [0, 0.1) is 11.8 Å². The van der Waals surface area contributed by atoms with Crippen LogP contribution >= 0.6 is 0 Å². The molecule has 3 heteroatoms. The van der Waals surface area contributed by atoms with Crippen molar-refractivity contribution in [3.63, 3.8) is 0 Å². The van der Waals surface area contributed by atoms with Crippen molar-refractivity contribution in [2.45, 2.75) is 65.7 Å². The van der Waals surface area contributed by atoms with Gasteiger partial charge in [0.05, 0.1) is 0 Å². The first-order chi connectivity index (χ1) is 9.58. The molecular formula is C17H29N3. The third kappa shape index (κ3) is 4.19. The number of rotatable bonds is 5. The Morgan fingerprint density at radius 3 is 2.75 bits per heavy atom. The Morgan fingerprint density at radius 2 is 2.10 bits per heavy atom. The van der Waals surface area contributed by atoms with E-state index >= 15 is 0 Å². The van der Waals surface area contributed by atoms with Gasteiger partial charge in [0, 0.05) is 24.2 Å². The topological polar surface area (TPSA) is 37.8 Å². The molecule has 1 aromatic heterocycles. The first kappa shape index (κ1) is 15.3. The molecule has 1 aliphatic carbocycles. The molecule has 1 saturated carbocycles. The summed E-state index contributed by atoms with van der Waals surface area (Å²) in [6.07, 6.45) is 6.22. The van der Waals surface area contributed by atoms with Gasteiger partial charge in [-0.05, 0) is 38.0 Å². The number of aromatic nitrogens is 2. The Balaban J connectivity index is 2.23. The smallest absolute Gasteiger partial charge is 0.134 e. The van der Waals surface area contributed by atoms with Gasteiger partial charge < -0.3 is 5.32 Å². The summed E-state index contributed by atoms with van der Waals surface area (Å²) in [7, 11) is 0. The predicted molar refractivity (Wildman–Crippen MR) is 85.1 cm³/mol. The fraction of sp³-hybridized carbons (Fsp3) is 0.765. The van der Waals surface area contributed by atoms with Crippen LogP contribution in [0.4, 0.5) is 5.82 Å². The van der Waals surface area contributed by atoms with E-state index in [9.17, 15) is 0 Å². The minimum absolute atomic E-state index is 0.559. The molecule has 0 bridgehead atoms. The van der Waals surface area contributed by atoms with Crippen LogP contribution in [0.3, 0.4) is 0 Å². The Kier molecular flexibility index (Phi) is 5.38. The van der Waals surface area contributed by atoms with E-state index in [1.807, 2.05) is 0 Å². The Morgan fingerprint density at radius 1 is 1.30 bits per heavy atom. The van der Waals surface area contributed by atoms with Crippen LogP contribution in [0.2, 0.25) is 0 Å². The van der Waals surface area contributed by atoms with Gasteiger partial charge in [-0.25, -0.2) is 9.97 Å². The normalized spacial score (nSPS) is 23.1. The lowest BCUT2D eigenvalue weighted by Crippen LogP contribution is -2.16. The molecule has 0 radical (unpaired) electrons. The van der Waals surface area contributed by atoms with Gasteiger partial charge in [0.15, 0.2) is 0 Å². The van der Waals surface area contributed by atoms with Crippen LogP contribution in [0.5, 0.6) is 0 Å². The first-order valence-electron chi connectivity index (χ1n) is 8.20. The Labute approximate surface area is 123 Å². The van der Waals surface area contributed by atoms with Crippen molar-refractivity contribution in [2.24, 2.45) is 11.8 Å². The van der Waals surface area contributed by atoms with Crippen molar-refractivity contribution in [2.75, 3.05) is 11.9 Å². The van der Waals surface area contributed by atoms with Crippen LogP contribution in [-0.2, 0) is 6.42 Å². The van der Waals surface area contributed by atoms with Gasteiger partial charge in [-0.15, -0.1) is 0 Å². The van der Waals surface area contributed by atoms with Crippen molar-refractivity contribution in [3.05, 3.63) is 17.6 Å². The summed E-state index contributed by atoms with van der Waals surface area (Å²) in [6, 6.07) is 2.12. The molecule has 1 fully saturated rings. The predicted octanol–water partition coefficient (Wildman–Crippen LogP) is 4.40. The quantitative estimate of drug-likeness (QED) is 0.865. The minimum Gasteiger partial charge on any atom is -0.370 e. The summed E-state index contributed by atoms with van der Waals surface area (Å²) in [4.78, 5) is 9.63. The highest BCUT2D eigenvalue weighted by molar-refractivity contribution is 5.36. The summed E-state index contributed by atoms with van der Waals surface area (Å²) in [5, 5.41) is 3.36. The van der Waals surface area contributed by atoms with Crippen LogP contribution < -0.4 is 5.32 Å². The summed E-state index contributed by atoms with van der Waals surface area (Å²) < 4.78 is 0. The number of nitrogens with one attached hydrogen (secondary N) is 1. The lowest BCUT2D eigenvalue weighted by atomic mass is 9.82. The standard InChI is InChI=1S/C17H29N3/c1-5-18-16-11-15(9-12(2)3)19-17(20-16)14-8-6-7-13(4)10-14/h11-14H,5-10H2,1-4H3,(H,18,19,20). The molecule has 2 rings (SSSR count). The fourth-order valence-corrected chi connectivity index (χ4v) is 3.16. The zero-order chi connectivity index (χ0) is 14.5. The zero-order valence-corrected chi connectivity index (χ0v) is 13.4. The molecule has 1 aliphatic rings. The number of hydrogen-bond acceptors (Lipinski definition) is 3. The van der Waals surface area contributed by atoms with Gasteiger partial charge in [-0.3, -0.25) is 0 Å². The lowest BCUT2D eigenvalue weighted by Gasteiger charge is -2.26. The average molecular weight is 275 g/mol. The van der Waals surface area contributed by atoms with E-state index in [2.05, 4.69) is 39.1 Å². The molecule has 3 nitrogen and oxygen atoms in total. The maximum absolute atomic E-state index is 4.86. The summed E-state index contributed by atoms with van der Waals surface area (Å²) in [6.45, 7) is 9.88. The van der Waals surface area contributed by atoms with Crippen molar-refractivity contribution in [1.29, 1.82) is 0 Å². The van der Waals surface area contributed by atoms with E-state index in [4.69, 9.17) is 9.97 Å². The lowest BCUT2D eigenvalue weighted by molar-refractivity contribution is 0.334. The third-order valence-corrected chi connectivity index (χ3v) is 4.07. The summed E-state index contributed by atoms with van der Waals surface area (Å²) in [5.74, 6) is 4.09. The maximum Gasteiger partial charge on any atom is 0.134 e. The highest BCUT2D eigenvalue weighted by Gasteiger charge is 2.23. The van der Waals surface area contributed by atoms with Crippen LogP contribution in [0.15, 0.2) is 6.07 Å². The van der Waals surface area contributed by atoms with E-state index in [1.165, 1.54) is 31.4 Å². The Bertz CT molecular complexity index is 428. The van der Waals surface area contributed by atoms with Gasteiger partial charge >= 0.3 is 0 Å². The second kappa shape index (κ2) is 7.05. The van der Waals surface area contributed by atoms with E-state index in [0.29, 0.717) is 11.8 Å². The van der Waals surface area contributed by atoms with Crippen molar-refractivity contribution in [3.8, 4) is 0 Å². The number of anilines is 1. The van der Waals surface area contributed by atoms with Crippen LogP contribution in [0.1, 0.15) is 70.8 Å². The van der Waals surface area contributed by atoms with Gasteiger partial charge in [0.2, 0.25) is 0 Å². The zero-order valence-electron chi connectivity index (χ0n) is 13.4. The van der Waals surface area contributed by atoms with Crippen molar-refractivity contribution >= 4 is 5.82 Å². The second-order valence-electron chi connectivity index (χ2n) is 6.70. The molecule has 20 heavy (non-hydrogen) atoms. The van der Waals surface area contributed by atoms with Crippen LogP contribution in [-0.4, -0.2) is 16.5 Å². The molecule has 1 aromatic rings. The fourth-order valence-electron chi connectivity index (χ4n) is 3.16. The molecule has 0 spiro atoms. The molecule has 0 saturated heterocycles. The van der Waals surface area contributed by atoms with E-state index in [-0.39, 0.29) is 0 Å². The van der Waals surface area contributed by atoms with Crippen LogP contribution in [0.25, 0.3) is 0 Å². The van der Waals surface area contributed by atoms with Gasteiger partial charge in [0.1, 0.15) is 11.6 Å². The highest BCUT2D eigenvalue weighted by Crippen LogP contribution is 2.34. The molecule has 112 valence electrons. The van der Waals surface area contributed by atoms with Gasteiger partial charge in [0.25, 0.3) is 0 Å². The minimum atomic E-state index is 0.559. The highest BCUT2D eigenvalue weighted by atomic mass is 15.0. The number of hydrogen-bond donors (Lipinski definition) is 1.